The summed E-state index contributed by atoms with van der Waals surface area (Å²) in [7, 11) is 1.78. The molecule has 1 heteroatoms. The molecule has 1 atom stereocenters. The summed E-state index contributed by atoms with van der Waals surface area (Å²) in [5.74, 6) is 0. The van der Waals surface area contributed by atoms with E-state index in [-0.39, 0.29) is 0 Å². The zero-order valence-electron chi connectivity index (χ0n) is 6.18. The van der Waals surface area contributed by atoms with Crippen molar-refractivity contribution in [3.05, 3.63) is 11.6 Å². The minimum Gasteiger partial charge on any atom is -0.377 e. The normalized spacial score (nSPS) is 29.1. The molecule has 1 aliphatic rings. The molecule has 0 aromatic carbocycles. The molecule has 0 aliphatic heterocycles. The fourth-order valence-corrected chi connectivity index (χ4v) is 0.934. The van der Waals surface area contributed by atoms with Crippen LogP contribution in [0.5, 0.6) is 0 Å². The molecule has 1 fully saturated rings. The number of ether oxygens (including phenoxy) is 1. The monoisotopic (exact) mass is 126 g/mol. The molecular weight excluding hydrogens is 112 g/mol. The highest BCUT2D eigenvalue weighted by Crippen LogP contribution is 2.32. The predicted octanol–water partition coefficient (Wildman–Crippen LogP) is 2.13. The average Bonchev–Trinajstić information content (AvgIpc) is 2.62. The highest BCUT2D eigenvalue weighted by Gasteiger charge is 2.28. The Kier molecular flexibility index (Phi) is 2.29. The van der Waals surface area contributed by atoms with Crippen molar-refractivity contribution in [3.63, 3.8) is 0 Å². The van der Waals surface area contributed by atoms with Crippen molar-refractivity contribution in [2.45, 2.75) is 32.3 Å². The summed E-state index contributed by atoms with van der Waals surface area (Å²) in [5.41, 5.74) is 1.50. The molecule has 52 valence electrons. The fraction of sp³-hybridized carbons (Fsp3) is 0.750. The van der Waals surface area contributed by atoms with Gasteiger partial charge < -0.3 is 4.74 Å². The van der Waals surface area contributed by atoms with Crippen LogP contribution in [0.25, 0.3) is 0 Å². The summed E-state index contributed by atoms with van der Waals surface area (Å²) in [6, 6.07) is 0. The van der Waals surface area contributed by atoms with E-state index in [2.05, 4.69) is 13.0 Å². The Bertz CT molecular complexity index is 116. The quantitative estimate of drug-likeness (QED) is 0.526. The molecule has 0 heterocycles. The van der Waals surface area contributed by atoms with Crippen molar-refractivity contribution in [2.24, 2.45) is 0 Å². The molecule has 0 aromatic heterocycles. The third-order valence-electron chi connectivity index (χ3n) is 1.65. The van der Waals surface area contributed by atoms with Crippen molar-refractivity contribution in [2.75, 3.05) is 7.11 Å². The van der Waals surface area contributed by atoms with Crippen LogP contribution in [-0.2, 0) is 4.74 Å². The second kappa shape index (κ2) is 3.02. The van der Waals surface area contributed by atoms with Gasteiger partial charge >= 0.3 is 0 Å². The molecule has 1 unspecified atom stereocenters. The highest BCUT2D eigenvalue weighted by atomic mass is 16.5. The molecule has 0 saturated heterocycles. The Balaban J connectivity index is 2.15. The van der Waals surface area contributed by atoms with Crippen LogP contribution in [0, 0.1) is 0 Å². The number of hydrogen-bond acceptors (Lipinski definition) is 1. The minimum absolute atomic E-state index is 0.483. The van der Waals surface area contributed by atoms with E-state index in [9.17, 15) is 0 Å². The maximum Gasteiger partial charge on any atom is 0.0820 e. The van der Waals surface area contributed by atoms with Crippen LogP contribution < -0.4 is 0 Å². The summed E-state index contributed by atoms with van der Waals surface area (Å²) < 4.78 is 5.10. The smallest absolute Gasteiger partial charge is 0.0820 e. The molecule has 0 spiro atoms. The Labute approximate surface area is 56.7 Å². The van der Waals surface area contributed by atoms with Crippen molar-refractivity contribution in [1.82, 2.24) is 0 Å². The highest BCUT2D eigenvalue weighted by molar-refractivity contribution is 5.25. The van der Waals surface area contributed by atoms with Gasteiger partial charge in [0, 0.05) is 13.5 Å². The van der Waals surface area contributed by atoms with E-state index in [1.807, 2.05) is 0 Å². The van der Waals surface area contributed by atoms with Gasteiger partial charge in [-0.05, 0) is 12.0 Å². The van der Waals surface area contributed by atoms with Crippen LogP contribution in [0.4, 0.5) is 0 Å². The molecule has 0 N–H and O–H groups in total. The van der Waals surface area contributed by atoms with E-state index in [1.165, 1.54) is 24.8 Å². The van der Waals surface area contributed by atoms with Crippen molar-refractivity contribution >= 4 is 0 Å². The summed E-state index contributed by atoms with van der Waals surface area (Å²) in [4.78, 5) is 0. The van der Waals surface area contributed by atoms with Crippen LogP contribution in [0.1, 0.15) is 26.2 Å². The summed E-state index contributed by atoms with van der Waals surface area (Å²) in [6.07, 6.45) is 6.43. The molecule has 1 aliphatic carbocycles. The number of rotatable bonds is 3. The number of unbranched alkanes of at least 4 members (excludes halogenated alkanes) is 1. The van der Waals surface area contributed by atoms with Gasteiger partial charge in [0.15, 0.2) is 0 Å². The first-order valence-electron chi connectivity index (χ1n) is 3.60. The van der Waals surface area contributed by atoms with Gasteiger partial charge in [-0.3, -0.25) is 0 Å². The summed E-state index contributed by atoms with van der Waals surface area (Å²) in [6.45, 7) is 2.20. The Morgan fingerprint density at radius 3 is 3.00 bits per heavy atom. The third-order valence-corrected chi connectivity index (χ3v) is 1.65. The van der Waals surface area contributed by atoms with Crippen molar-refractivity contribution in [1.29, 1.82) is 0 Å². The Morgan fingerprint density at radius 1 is 1.78 bits per heavy atom. The largest absolute Gasteiger partial charge is 0.377 e. The molecule has 1 nitrogen and oxygen atoms in total. The molecule has 0 bridgehead atoms. The molecule has 1 rings (SSSR count). The average molecular weight is 126 g/mol. The lowest BCUT2D eigenvalue weighted by Gasteiger charge is -1.85. The van der Waals surface area contributed by atoms with E-state index < -0.39 is 0 Å². The van der Waals surface area contributed by atoms with E-state index in [0.717, 1.165) is 0 Å². The zero-order valence-corrected chi connectivity index (χ0v) is 6.18. The van der Waals surface area contributed by atoms with E-state index >= 15 is 0 Å². The second-order valence-electron chi connectivity index (χ2n) is 2.50. The minimum atomic E-state index is 0.483. The molecular formula is C8H14O. The van der Waals surface area contributed by atoms with Gasteiger partial charge in [0.1, 0.15) is 0 Å². The molecule has 0 amide bonds. The van der Waals surface area contributed by atoms with Gasteiger partial charge in [0.2, 0.25) is 0 Å². The van der Waals surface area contributed by atoms with Gasteiger partial charge in [-0.2, -0.15) is 0 Å². The lowest BCUT2D eigenvalue weighted by atomic mass is 10.3. The lowest BCUT2D eigenvalue weighted by Crippen LogP contribution is -1.82. The predicted molar refractivity (Wildman–Crippen MR) is 38.4 cm³/mol. The van der Waals surface area contributed by atoms with Gasteiger partial charge in [-0.15, -0.1) is 0 Å². The van der Waals surface area contributed by atoms with Gasteiger partial charge in [0.05, 0.1) is 6.10 Å². The zero-order chi connectivity index (χ0) is 6.69. The van der Waals surface area contributed by atoms with Gasteiger partial charge in [-0.25, -0.2) is 0 Å². The van der Waals surface area contributed by atoms with Crippen LogP contribution in [0.2, 0.25) is 0 Å². The molecule has 9 heavy (non-hydrogen) atoms. The van der Waals surface area contributed by atoms with Crippen molar-refractivity contribution in [3.8, 4) is 0 Å². The first kappa shape index (κ1) is 6.81. The van der Waals surface area contributed by atoms with Crippen molar-refractivity contribution < 1.29 is 4.74 Å². The van der Waals surface area contributed by atoms with Crippen LogP contribution in [0.3, 0.4) is 0 Å². The maximum atomic E-state index is 5.10. The second-order valence-corrected chi connectivity index (χ2v) is 2.50. The first-order chi connectivity index (χ1) is 4.38. The van der Waals surface area contributed by atoms with Gasteiger partial charge in [-0.1, -0.05) is 19.4 Å². The number of methoxy groups -OCH3 is 1. The van der Waals surface area contributed by atoms with E-state index in [0.29, 0.717) is 6.10 Å². The first-order valence-corrected chi connectivity index (χ1v) is 3.60. The SMILES string of the molecule is CCC/C=C1/CC1OC. The van der Waals surface area contributed by atoms with Crippen LogP contribution >= 0.6 is 0 Å². The standard InChI is InChI=1S/C8H14O/c1-3-4-5-7-6-8(7)9-2/h5,8H,3-4,6H2,1-2H3/b7-5-. The number of hydrogen-bond donors (Lipinski definition) is 0. The topological polar surface area (TPSA) is 9.23 Å². The third kappa shape index (κ3) is 1.83. The van der Waals surface area contributed by atoms with Crippen LogP contribution in [0.15, 0.2) is 11.6 Å². The molecule has 0 radical (unpaired) electrons. The lowest BCUT2D eigenvalue weighted by molar-refractivity contribution is 0.192. The fourth-order valence-electron chi connectivity index (χ4n) is 0.934. The number of allylic oxidation sites excluding steroid dienone is 1. The molecule has 1 saturated carbocycles. The van der Waals surface area contributed by atoms with Gasteiger partial charge in [0.25, 0.3) is 0 Å². The van der Waals surface area contributed by atoms with E-state index in [1.54, 1.807) is 7.11 Å². The summed E-state index contributed by atoms with van der Waals surface area (Å²) >= 11 is 0. The molecule has 0 aromatic rings. The summed E-state index contributed by atoms with van der Waals surface area (Å²) in [5, 5.41) is 0. The van der Waals surface area contributed by atoms with E-state index in [4.69, 9.17) is 4.74 Å². The van der Waals surface area contributed by atoms with Crippen LogP contribution in [-0.4, -0.2) is 13.2 Å². The maximum absolute atomic E-state index is 5.10. The Morgan fingerprint density at radius 2 is 2.56 bits per heavy atom. The Hall–Kier alpha value is -0.300.